The van der Waals surface area contributed by atoms with Crippen LogP contribution < -0.4 is 5.32 Å². The van der Waals surface area contributed by atoms with E-state index in [1.165, 1.54) is 24.3 Å². The van der Waals surface area contributed by atoms with Gasteiger partial charge in [0, 0.05) is 11.8 Å². The maximum atomic E-state index is 12.7. The molecular weight excluding hydrogens is 315 g/mol. The van der Waals surface area contributed by atoms with Gasteiger partial charge in [-0.05, 0) is 55.7 Å². The van der Waals surface area contributed by atoms with Gasteiger partial charge >= 0.3 is 6.18 Å². The highest BCUT2D eigenvalue weighted by molar-refractivity contribution is 6.02. The molecule has 0 bridgehead atoms. The number of anilines is 1. The first-order valence-corrected chi connectivity index (χ1v) is 7.41. The van der Waals surface area contributed by atoms with Crippen LogP contribution in [0.3, 0.4) is 0 Å². The summed E-state index contributed by atoms with van der Waals surface area (Å²) in [6, 6.07) is 8.75. The van der Waals surface area contributed by atoms with Crippen LogP contribution in [0.15, 0.2) is 42.5 Å². The fourth-order valence-electron chi connectivity index (χ4n) is 2.53. The minimum atomic E-state index is -4.40. The monoisotopic (exact) mass is 333 g/mol. The van der Waals surface area contributed by atoms with Gasteiger partial charge in [-0.2, -0.15) is 13.2 Å². The van der Waals surface area contributed by atoms with Crippen molar-refractivity contribution in [2.75, 3.05) is 5.32 Å². The first-order chi connectivity index (χ1) is 11.2. The summed E-state index contributed by atoms with van der Waals surface area (Å²) in [5.41, 5.74) is 3.27. The molecule has 0 radical (unpaired) electrons. The summed E-state index contributed by atoms with van der Waals surface area (Å²) in [6.45, 7) is 5.76. The highest BCUT2D eigenvalue weighted by Crippen LogP contribution is 2.29. The molecule has 0 aromatic heterocycles. The van der Waals surface area contributed by atoms with Gasteiger partial charge in [0.25, 0.3) is 0 Å². The summed E-state index contributed by atoms with van der Waals surface area (Å²) in [5.74, 6) is -0.387. The maximum Gasteiger partial charge on any atom is 0.416 e. The van der Waals surface area contributed by atoms with Crippen molar-refractivity contribution in [1.82, 2.24) is 0 Å². The average Bonchev–Trinajstić information content (AvgIpc) is 2.48. The van der Waals surface area contributed by atoms with E-state index < -0.39 is 11.7 Å². The second-order valence-electron chi connectivity index (χ2n) is 5.72. The zero-order chi connectivity index (χ0) is 17.9. The molecule has 0 saturated heterocycles. The van der Waals surface area contributed by atoms with Crippen molar-refractivity contribution < 1.29 is 18.0 Å². The topological polar surface area (TPSA) is 29.1 Å². The van der Waals surface area contributed by atoms with Gasteiger partial charge in [-0.15, -0.1) is 0 Å². The smallest absolute Gasteiger partial charge is 0.322 e. The molecule has 1 amide bonds. The third-order valence-corrected chi connectivity index (χ3v) is 3.57. The molecule has 0 heterocycles. The molecule has 0 aliphatic carbocycles. The van der Waals surface area contributed by atoms with E-state index in [2.05, 4.69) is 5.32 Å². The summed E-state index contributed by atoms with van der Waals surface area (Å²) in [6.07, 6.45) is -1.81. The van der Waals surface area contributed by atoms with E-state index in [-0.39, 0.29) is 5.91 Å². The molecule has 0 aliphatic heterocycles. The molecule has 5 heteroatoms. The van der Waals surface area contributed by atoms with Gasteiger partial charge in [0.1, 0.15) is 0 Å². The average molecular weight is 333 g/mol. The Morgan fingerprint density at radius 2 is 1.67 bits per heavy atom. The van der Waals surface area contributed by atoms with Crippen LogP contribution in [-0.2, 0) is 11.0 Å². The van der Waals surface area contributed by atoms with Crippen LogP contribution in [0.4, 0.5) is 18.9 Å². The van der Waals surface area contributed by atoms with Crippen molar-refractivity contribution >= 4 is 17.7 Å². The Hall–Kier alpha value is -2.56. The van der Waals surface area contributed by atoms with E-state index >= 15 is 0 Å². The Labute approximate surface area is 139 Å². The van der Waals surface area contributed by atoms with Gasteiger partial charge in [0.15, 0.2) is 0 Å². The molecule has 2 nitrogen and oxygen atoms in total. The highest BCUT2D eigenvalue weighted by Gasteiger charge is 2.30. The lowest BCUT2D eigenvalue weighted by atomic mass is 10.1. The number of hydrogen-bond donors (Lipinski definition) is 1. The van der Waals surface area contributed by atoms with Gasteiger partial charge in [-0.3, -0.25) is 4.79 Å². The standard InChI is InChI=1S/C19H18F3NO/c1-12-9-13(2)18(14(3)10-12)23-17(24)8-7-15-5-4-6-16(11-15)19(20,21)22/h4-11H,1-3H3,(H,23,24)/b8-7+. The van der Waals surface area contributed by atoms with E-state index in [0.717, 1.165) is 34.5 Å². The van der Waals surface area contributed by atoms with Crippen LogP contribution in [0.2, 0.25) is 0 Å². The minimum Gasteiger partial charge on any atom is -0.322 e. The molecule has 1 N–H and O–H groups in total. The third kappa shape index (κ3) is 4.47. The van der Waals surface area contributed by atoms with Crippen LogP contribution in [0.5, 0.6) is 0 Å². The molecule has 2 aromatic rings. The Balaban J connectivity index is 2.15. The molecular formula is C19H18F3NO. The fraction of sp³-hybridized carbons (Fsp3) is 0.211. The second kappa shape index (κ2) is 6.91. The van der Waals surface area contributed by atoms with Crippen molar-refractivity contribution in [2.45, 2.75) is 26.9 Å². The van der Waals surface area contributed by atoms with Crippen LogP contribution in [0, 0.1) is 20.8 Å². The zero-order valence-corrected chi connectivity index (χ0v) is 13.7. The maximum absolute atomic E-state index is 12.7. The summed E-state index contributed by atoms with van der Waals surface area (Å²) in [7, 11) is 0. The Kier molecular flexibility index (Phi) is 5.12. The molecule has 0 fully saturated rings. The van der Waals surface area contributed by atoms with Crippen LogP contribution in [0.25, 0.3) is 6.08 Å². The number of hydrogen-bond acceptors (Lipinski definition) is 1. The summed E-state index contributed by atoms with van der Waals surface area (Å²) in [5, 5.41) is 2.77. The molecule has 0 atom stereocenters. The van der Waals surface area contributed by atoms with Gasteiger partial charge < -0.3 is 5.32 Å². The summed E-state index contributed by atoms with van der Waals surface area (Å²) in [4.78, 5) is 12.0. The van der Waals surface area contributed by atoms with E-state index in [1.54, 1.807) is 0 Å². The minimum absolute atomic E-state index is 0.317. The lowest BCUT2D eigenvalue weighted by Crippen LogP contribution is -2.10. The lowest BCUT2D eigenvalue weighted by molar-refractivity contribution is -0.137. The predicted molar refractivity (Wildman–Crippen MR) is 89.8 cm³/mol. The molecule has 0 unspecified atom stereocenters. The fourth-order valence-corrected chi connectivity index (χ4v) is 2.53. The van der Waals surface area contributed by atoms with Gasteiger partial charge in [0.2, 0.25) is 5.91 Å². The molecule has 2 aromatic carbocycles. The van der Waals surface area contributed by atoms with Crippen molar-refractivity contribution in [3.8, 4) is 0 Å². The van der Waals surface area contributed by atoms with E-state index in [0.29, 0.717) is 5.56 Å². The van der Waals surface area contributed by atoms with E-state index in [9.17, 15) is 18.0 Å². The number of aryl methyl sites for hydroxylation is 3. The largest absolute Gasteiger partial charge is 0.416 e. The molecule has 2 rings (SSSR count). The number of rotatable bonds is 3. The third-order valence-electron chi connectivity index (χ3n) is 3.57. The van der Waals surface area contributed by atoms with Crippen LogP contribution >= 0.6 is 0 Å². The highest BCUT2D eigenvalue weighted by atomic mass is 19.4. The number of benzene rings is 2. The Morgan fingerprint density at radius 1 is 1.04 bits per heavy atom. The molecule has 126 valence electrons. The number of amides is 1. The molecule has 0 aliphatic rings. The number of halogens is 3. The number of alkyl halides is 3. The number of carbonyl (C=O) groups is 1. The van der Waals surface area contributed by atoms with E-state index in [4.69, 9.17) is 0 Å². The van der Waals surface area contributed by atoms with Crippen molar-refractivity contribution in [2.24, 2.45) is 0 Å². The molecule has 0 spiro atoms. The molecule has 0 saturated carbocycles. The van der Waals surface area contributed by atoms with Crippen molar-refractivity contribution in [1.29, 1.82) is 0 Å². The SMILES string of the molecule is Cc1cc(C)c(NC(=O)/C=C/c2cccc(C(F)(F)F)c2)c(C)c1. The zero-order valence-electron chi connectivity index (χ0n) is 13.7. The number of nitrogens with one attached hydrogen (secondary N) is 1. The van der Waals surface area contributed by atoms with Crippen molar-refractivity contribution in [3.05, 3.63) is 70.3 Å². The van der Waals surface area contributed by atoms with Gasteiger partial charge in [-0.25, -0.2) is 0 Å². The second-order valence-corrected chi connectivity index (χ2v) is 5.72. The van der Waals surface area contributed by atoms with Crippen LogP contribution in [-0.4, -0.2) is 5.91 Å². The predicted octanol–water partition coefficient (Wildman–Crippen LogP) is 5.28. The normalized spacial score (nSPS) is 11.8. The Bertz CT molecular complexity index is 768. The van der Waals surface area contributed by atoms with Crippen molar-refractivity contribution in [3.63, 3.8) is 0 Å². The quantitative estimate of drug-likeness (QED) is 0.761. The first kappa shape index (κ1) is 17.8. The number of carbonyl (C=O) groups excluding carboxylic acids is 1. The van der Waals surface area contributed by atoms with Gasteiger partial charge in [0.05, 0.1) is 5.56 Å². The summed E-state index contributed by atoms with van der Waals surface area (Å²) >= 11 is 0. The van der Waals surface area contributed by atoms with Crippen LogP contribution in [0.1, 0.15) is 27.8 Å². The van der Waals surface area contributed by atoms with Gasteiger partial charge in [-0.1, -0.05) is 29.8 Å². The summed E-state index contributed by atoms with van der Waals surface area (Å²) < 4.78 is 38.0. The Morgan fingerprint density at radius 3 is 2.25 bits per heavy atom. The first-order valence-electron chi connectivity index (χ1n) is 7.41. The van der Waals surface area contributed by atoms with E-state index in [1.807, 2.05) is 32.9 Å². The lowest BCUT2D eigenvalue weighted by Gasteiger charge is -2.11. The molecule has 24 heavy (non-hydrogen) atoms.